The van der Waals surface area contributed by atoms with E-state index >= 15 is 0 Å². The van der Waals surface area contributed by atoms with Crippen molar-refractivity contribution in [1.29, 1.82) is 0 Å². The summed E-state index contributed by atoms with van der Waals surface area (Å²) in [6.45, 7) is 3.85. The molecule has 0 unspecified atom stereocenters. The maximum atomic E-state index is 13.5. The van der Waals surface area contributed by atoms with Gasteiger partial charge in [-0.15, -0.1) is 11.3 Å². The number of halogens is 1. The van der Waals surface area contributed by atoms with E-state index in [2.05, 4.69) is 0 Å². The molecule has 0 saturated heterocycles. The monoisotopic (exact) mass is 328 g/mol. The minimum Gasteiger partial charge on any atom is -0.396 e. The molecule has 0 fully saturated rings. The summed E-state index contributed by atoms with van der Waals surface area (Å²) in [5, 5.41) is 1.89. The van der Waals surface area contributed by atoms with Crippen molar-refractivity contribution >= 4 is 27.0 Å². The average molecular weight is 328 g/mol. The lowest BCUT2D eigenvalue weighted by Crippen LogP contribution is -2.36. The Bertz CT molecular complexity index is 713. The van der Waals surface area contributed by atoms with Crippen molar-refractivity contribution < 1.29 is 12.8 Å². The van der Waals surface area contributed by atoms with Gasteiger partial charge in [-0.25, -0.2) is 12.8 Å². The summed E-state index contributed by atoms with van der Waals surface area (Å²) in [6, 6.07) is 7.07. The first kappa shape index (κ1) is 15.9. The Morgan fingerprint density at radius 3 is 2.57 bits per heavy atom. The van der Waals surface area contributed by atoms with Crippen LogP contribution in [0.3, 0.4) is 0 Å². The van der Waals surface area contributed by atoms with Crippen LogP contribution in [0, 0.1) is 5.82 Å². The summed E-state index contributed by atoms with van der Waals surface area (Å²) in [7, 11) is -3.77. The van der Waals surface area contributed by atoms with Crippen molar-refractivity contribution in [1.82, 2.24) is 4.31 Å². The SMILES string of the molecule is CC(C)N(Cc1cccs1)S(=O)(=O)c1ccc(N)c(F)c1. The fourth-order valence-corrected chi connectivity index (χ4v) is 4.32. The molecule has 1 aromatic heterocycles. The molecule has 2 rings (SSSR count). The average Bonchev–Trinajstić information content (AvgIpc) is 2.91. The van der Waals surface area contributed by atoms with Crippen LogP contribution < -0.4 is 5.73 Å². The van der Waals surface area contributed by atoms with E-state index < -0.39 is 15.8 Å². The Balaban J connectivity index is 2.39. The molecule has 7 heteroatoms. The predicted molar refractivity (Wildman–Crippen MR) is 83.0 cm³/mol. The van der Waals surface area contributed by atoms with Crippen LogP contribution in [-0.4, -0.2) is 18.8 Å². The molecule has 0 amide bonds. The van der Waals surface area contributed by atoms with E-state index in [1.807, 2.05) is 17.5 Å². The van der Waals surface area contributed by atoms with Crippen molar-refractivity contribution in [3.05, 3.63) is 46.4 Å². The van der Waals surface area contributed by atoms with E-state index in [0.29, 0.717) is 0 Å². The highest BCUT2D eigenvalue weighted by atomic mass is 32.2. The van der Waals surface area contributed by atoms with E-state index in [9.17, 15) is 12.8 Å². The van der Waals surface area contributed by atoms with Crippen LogP contribution in [0.4, 0.5) is 10.1 Å². The number of benzene rings is 1. The van der Waals surface area contributed by atoms with Gasteiger partial charge in [0.2, 0.25) is 10.0 Å². The summed E-state index contributed by atoms with van der Waals surface area (Å²) in [5.41, 5.74) is 5.33. The lowest BCUT2D eigenvalue weighted by atomic mass is 10.3. The highest BCUT2D eigenvalue weighted by Crippen LogP contribution is 2.24. The maximum Gasteiger partial charge on any atom is 0.243 e. The van der Waals surface area contributed by atoms with Crippen molar-refractivity contribution in [2.75, 3.05) is 5.73 Å². The number of anilines is 1. The van der Waals surface area contributed by atoms with Gasteiger partial charge in [-0.3, -0.25) is 0 Å². The first-order valence-corrected chi connectivity index (χ1v) is 8.73. The highest BCUT2D eigenvalue weighted by molar-refractivity contribution is 7.89. The largest absolute Gasteiger partial charge is 0.396 e. The van der Waals surface area contributed by atoms with Crippen LogP contribution in [0.1, 0.15) is 18.7 Å². The summed E-state index contributed by atoms with van der Waals surface area (Å²) in [5.74, 6) is -0.726. The van der Waals surface area contributed by atoms with Gasteiger partial charge in [-0.1, -0.05) is 6.07 Å². The summed E-state index contributed by atoms with van der Waals surface area (Å²) < 4.78 is 40.3. The quantitative estimate of drug-likeness (QED) is 0.858. The Labute approximate surface area is 128 Å². The van der Waals surface area contributed by atoms with Gasteiger partial charge in [0, 0.05) is 17.5 Å². The molecule has 1 heterocycles. The number of hydrogen-bond donors (Lipinski definition) is 1. The molecule has 21 heavy (non-hydrogen) atoms. The van der Waals surface area contributed by atoms with Crippen molar-refractivity contribution in [2.45, 2.75) is 31.3 Å². The lowest BCUT2D eigenvalue weighted by Gasteiger charge is -2.25. The van der Waals surface area contributed by atoms with E-state index in [0.717, 1.165) is 10.9 Å². The number of thiophene rings is 1. The van der Waals surface area contributed by atoms with Gasteiger partial charge in [0.25, 0.3) is 0 Å². The Morgan fingerprint density at radius 2 is 2.05 bits per heavy atom. The van der Waals surface area contributed by atoms with Gasteiger partial charge in [0.05, 0.1) is 10.6 Å². The first-order valence-electron chi connectivity index (χ1n) is 6.41. The molecule has 0 atom stereocenters. The fraction of sp³-hybridized carbons (Fsp3) is 0.286. The third-order valence-corrected chi connectivity index (χ3v) is 5.93. The van der Waals surface area contributed by atoms with Crippen LogP contribution in [0.25, 0.3) is 0 Å². The molecule has 0 aliphatic rings. The van der Waals surface area contributed by atoms with Crippen molar-refractivity contribution in [3.8, 4) is 0 Å². The minimum atomic E-state index is -3.77. The second-order valence-corrected chi connectivity index (χ2v) is 7.83. The highest BCUT2D eigenvalue weighted by Gasteiger charge is 2.28. The predicted octanol–water partition coefficient (Wildman–Crippen LogP) is 3.07. The Morgan fingerprint density at radius 1 is 1.33 bits per heavy atom. The zero-order chi connectivity index (χ0) is 15.6. The van der Waals surface area contributed by atoms with Crippen LogP contribution in [0.5, 0.6) is 0 Å². The Hall–Kier alpha value is -1.44. The summed E-state index contributed by atoms with van der Waals surface area (Å²) >= 11 is 1.49. The number of nitrogen functional groups attached to an aromatic ring is 1. The normalized spacial score (nSPS) is 12.2. The number of nitrogens with zero attached hydrogens (tertiary/aromatic N) is 1. The molecule has 0 aliphatic heterocycles. The van der Waals surface area contributed by atoms with Crippen LogP contribution in [0.15, 0.2) is 40.6 Å². The number of rotatable bonds is 5. The molecule has 4 nitrogen and oxygen atoms in total. The standard InChI is InChI=1S/C14H17FN2O2S2/c1-10(2)17(9-11-4-3-7-20-11)21(18,19)12-5-6-14(16)13(15)8-12/h3-8,10H,9,16H2,1-2H3. The van der Waals surface area contributed by atoms with Gasteiger partial charge >= 0.3 is 0 Å². The van der Waals surface area contributed by atoms with Gasteiger partial charge in [-0.05, 0) is 43.5 Å². The van der Waals surface area contributed by atoms with Crippen molar-refractivity contribution in [3.63, 3.8) is 0 Å². The molecule has 0 radical (unpaired) electrons. The van der Waals surface area contributed by atoms with Crippen LogP contribution in [0.2, 0.25) is 0 Å². The molecule has 0 spiro atoms. The van der Waals surface area contributed by atoms with E-state index in [1.165, 1.54) is 27.8 Å². The van der Waals surface area contributed by atoms with Gasteiger partial charge in [0.1, 0.15) is 5.82 Å². The Kier molecular flexibility index (Phi) is 4.65. The zero-order valence-corrected chi connectivity index (χ0v) is 13.4. The fourth-order valence-electron chi connectivity index (χ4n) is 1.90. The van der Waals surface area contributed by atoms with Crippen LogP contribution in [-0.2, 0) is 16.6 Å². The topological polar surface area (TPSA) is 63.4 Å². The number of nitrogens with two attached hydrogens (primary N) is 1. The molecule has 2 N–H and O–H groups in total. The molecule has 0 saturated carbocycles. The van der Waals surface area contributed by atoms with E-state index in [4.69, 9.17) is 5.73 Å². The van der Waals surface area contributed by atoms with Gasteiger partial charge in [0.15, 0.2) is 0 Å². The molecule has 1 aromatic carbocycles. The number of hydrogen-bond acceptors (Lipinski definition) is 4. The molecule has 0 bridgehead atoms. The molecule has 2 aromatic rings. The van der Waals surface area contributed by atoms with E-state index in [-0.39, 0.29) is 23.2 Å². The van der Waals surface area contributed by atoms with Crippen LogP contribution >= 0.6 is 11.3 Å². The second-order valence-electron chi connectivity index (χ2n) is 4.91. The number of sulfonamides is 1. The summed E-state index contributed by atoms with van der Waals surface area (Å²) in [6.07, 6.45) is 0. The minimum absolute atomic E-state index is 0.0664. The summed E-state index contributed by atoms with van der Waals surface area (Å²) in [4.78, 5) is 0.850. The molecule has 0 aliphatic carbocycles. The third kappa shape index (κ3) is 3.42. The second kappa shape index (κ2) is 6.13. The van der Waals surface area contributed by atoms with Gasteiger partial charge < -0.3 is 5.73 Å². The molecular weight excluding hydrogens is 311 g/mol. The first-order chi connectivity index (χ1) is 9.82. The third-order valence-electron chi connectivity index (χ3n) is 3.05. The van der Waals surface area contributed by atoms with Gasteiger partial charge in [-0.2, -0.15) is 4.31 Å². The van der Waals surface area contributed by atoms with E-state index in [1.54, 1.807) is 13.8 Å². The molecular formula is C14H17FN2O2S2. The smallest absolute Gasteiger partial charge is 0.243 e. The maximum absolute atomic E-state index is 13.5. The zero-order valence-electron chi connectivity index (χ0n) is 11.8. The molecule has 114 valence electrons. The lowest BCUT2D eigenvalue weighted by molar-refractivity contribution is 0.350. The van der Waals surface area contributed by atoms with Crippen molar-refractivity contribution in [2.24, 2.45) is 0 Å².